The Morgan fingerprint density at radius 2 is 1.53 bits per heavy atom. The normalized spacial score (nSPS) is 35.5. The fourth-order valence-electron chi connectivity index (χ4n) is 14.0. The number of rotatable bonds is 12. The smallest absolute Gasteiger partial charge is 0.243 e. The maximum Gasteiger partial charge on any atom is 0.243 e. The van der Waals surface area contributed by atoms with E-state index in [0.29, 0.717) is 24.0 Å². The van der Waals surface area contributed by atoms with E-state index >= 15 is 4.79 Å². The number of hydrogen-bond donors (Lipinski definition) is 3. The highest BCUT2D eigenvalue weighted by atomic mass is 32.2. The van der Waals surface area contributed by atoms with Gasteiger partial charge in [0.05, 0.1) is 35.7 Å². The number of aliphatic hydroxyl groups excluding tert-OH is 2. The van der Waals surface area contributed by atoms with Crippen LogP contribution >= 0.6 is 0 Å². The zero-order valence-corrected chi connectivity index (χ0v) is 39.2. The molecular formula is C51H76N2O6S. The number of hydrogen-bond acceptors (Lipinski definition) is 6. The van der Waals surface area contributed by atoms with E-state index in [1.807, 2.05) is 44.2 Å². The van der Waals surface area contributed by atoms with Gasteiger partial charge in [0.25, 0.3) is 0 Å². The van der Waals surface area contributed by atoms with Gasteiger partial charge in [0.2, 0.25) is 15.9 Å². The molecule has 0 heterocycles. The van der Waals surface area contributed by atoms with E-state index in [0.717, 1.165) is 69.8 Å². The van der Waals surface area contributed by atoms with Crippen LogP contribution in [0, 0.1) is 56.2 Å². The van der Waals surface area contributed by atoms with Crippen molar-refractivity contribution in [3.05, 3.63) is 71.8 Å². The second-order valence-electron chi connectivity index (χ2n) is 22.5. The molecule has 0 saturated heterocycles. The van der Waals surface area contributed by atoms with Crippen molar-refractivity contribution in [1.29, 1.82) is 0 Å². The van der Waals surface area contributed by atoms with Crippen molar-refractivity contribution in [3.8, 4) is 5.75 Å². The molecule has 10 atom stereocenters. The van der Waals surface area contributed by atoms with Gasteiger partial charge in [-0.3, -0.25) is 4.79 Å². The van der Waals surface area contributed by atoms with E-state index in [9.17, 15) is 18.6 Å². The zero-order valence-electron chi connectivity index (χ0n) is 38.4. The van der Waals surface area contributed by atoms with Crippen LogP contribution in [0.3, 0.4) is 0 Å². The monoisotopic (exact) mass is 845 g/mol. The van der Waals surface area contributed by atoms with Gasteiger partial charge in [-0.15, -0.1) is 0 Å². The molecule has 4 fully saturated rings. The summed E-state index contributed by atoms with van der Waals surface area (Å²) in [6, 6.07) is 15.6. The van der Waals surface area contributed by atoms with Crippen LogP contribution in [-0.2, 0) is 21.2 Å². The lowest BCUT2D eigenvalue weighted by molar-refractivity contribution is -0.203. The average molecular weight is 845 g/mol. The van der Waals surface area contributed by atoms with Crippen LogP contribution in [0.15, 0.2) is 71.1 Å². The molecule has 0 aliphatic heterocycles. The molecule has 0 spiro atoms. The van der Waals surface area contributed by atoms with Crippen molar-refractivity contribution in [1.82, 2.24) is 9.62 Å². The van der Waals surface area contributed by atoms with Gasteiger partial charge in [-0.05, 0) is 151 Å². The molecule has 0 radical (unpaired) electrons. The standard InChI is InChI=1S/C51H76N2O6S/c1-34(2)32-53(60(57,58)37-18-16-36(59-10)17-19-37)33-41(54)40(30-35-14-12-11-13-15-35)52-45(56)51-28-26-46(3,4)31-39(51)38-20-21-43-48(7)24-23-44(55)47(5,6)42(48)22-25-50(43,9)49(38,8)27-29-51/h11-20,34,39-44,54-55H,21-33H2,1-10H3,(H,52,56)/t39-,40-,41+,42-,43+,44+,48-,49+,50+,51-/m0/s1. The third-order valence-electron chi connectivity index (χ3n) is 17.8. The molecule has 2 aromatic carbocycles. The van der Waals surface area contributed by atoms with Gasteiger partial charge >= 0.3 is 0 Å². The quantitative estimate of drug-likeness (QED) is 0.184. The Kier molecular flexibility index (Phi) is 12.2. The highest BCUT2D eigenvalue weighted by molar-refractivity contribution is 7.89. The molecule has 0 bridgehead atoms. The zero-order chi connectivity index (χ0) is 43.7. The molecule has 9 heteroatoms. The largest absolute Gasteiger partial charge is 0.497 e. The minimum atomic E-state index is -3.98. The fourth-order valence-corrected chi connectivity index (χ4v) is 15.6. The van der Waals surface area contributed by atoms with Crippen molar-refractivity contribution >= 4 is 15.9 Å². The van der Waals surface area contributed by atoms with Gasteiger partial charge in [-0.25, -0.2) is 8.42 Å². The summed E-state index contributed by atoms with van der Waals surface area (Å²) in [7, 11) is -2.43. The van der Waals surface area contributed by atoms with Crippen LogP contribution in [0.25, 0.3) is 0 Å². The molecule has 7 rings (SSSR count). The van der Waals surface area contributed by atoms with Crippen LogP contribution < -0.4 is 10.1 Å². The first kappa shape index (κ1) is 45.3. The van der Waals surface area contributed by atoms with Crippen molar-refractivity contribution in [2.24, 2.45) is 56.2 Å². The number of carbonyl (C=O) groups excluding carboxylic acids is 1. The van der Waals surface area contributed by atoms with Gasteiger partial charge in [-0.1, -0.05) is 104 Å². The SMILES string of the molecule is COc1ccc(S(=O)(=O)N(CC(C)C)C[C@@H](O)[C@H](Cc2ccccc2)NC(=O)[C@]23CCC(C)(C)C[C@H]2C2=CC[C@@H]4[C@@]5(C)CC[C@@H](O)C(C)(C)[C@@H]5CC[C@@]4(C)[C@]2(C)CC3)cc1. The van der Waals surface area contributed by atoms with Crippen LogP contribution in [0.4, 0.5) is 0 Å². The highest BCUT2D eigenvalue weighted by Crippen LogP contribution is 2.75. The minimum absolute atomic E-state index is 0.00492. The summed E-state index contributed by atoms with van der Waals surface area (Å²) in [6.45, 7) is 21.0. The molecule has 4 saturated carbocycles. The lowest BCUT2D eigenvalue weighted by atomic mass is 9.33. The molecule has 3 N–H and O–H groups in total. The molecule has 1 amide bonds. The first-order valence-electron chi connectivity index (χ1n) is 23.1. The summed E-state index contributed by atoms with van der Waals surface area (Å²) < 4.78 is 35.1. The van der Waals surface area contributed by atoms with Crippen molar-refractivity contribution in [3.63, 3.8) is 0 Å². The number of aliphatic hydroxyl groups is 2. The van der Waals surface area contributed by atoms with E-state index in [4.69, 9.17) is 4.74 Å². The van der Waals surface area contributed by atoms with Crippen molar-refractivity contribution in [2.45, 2.75) is 156 Å². The first-order valence-corrected chi connectivity index (χ1v) is 24.5. The average Bonchev–Trinajstić information content (AvgIpc) is 3.19. The lowest BCUT2D eigenvalue weighted by Crippen LogP contribution is -2.66. The second-order valence-corrected chi connectivity index (χ2v) is 24.4. The Balaban J connectivity index is 1.21. The van der Waals surface area contributed by atoms with E-state index in [1.54, 1.807) is 31.4 Å². The molecule has 2 aromatic rings. The Hall–Kier alpha value is -2.72. The number of amides is 1. The lowest BCUT2D eigenvalue weighted by Gasteiger charge is -2.71. The van der Waals surface area contributed by atoms with E-state index < -0.39 is 27.6 Å². The third-order valence-corrected chi connectivity index (χ3v) is 19.7. The fraction of sp³-hybridized carbons (Fsp3) is 0.706. The summed E-state index contributed by atoms with van der Waals surface area (Å²) >= 11 is 0. The van der Waals surface area contributed by atoms with Crippen LogP contribution in [0.2, 0.25) is 0 Å². The molecule has 0 aromatic heterocycles. The van der Waals surface area contributed by atoms with Crippen LogP contribution in [-0.4, -0.2) is 67.3 Å². The van der Waals surface area contributed by atoms with Crippen LogP contribution in [0.1, 0.15) is 132 Å². The molecule has 5 aliphatic carbocycles. The summed E-state index contributed by atoms with van der Waals surface area (Å²) in [5.41, 5.74) is 1.97. The van der Waals surface area contributed by atoms with E-state index in [-0.39, 0.29) is 68.9 Å². The Morgan fingerprint density at radius 3 is 2.18 bits per heavy atom. The maximum absolute atomic E-state index is 15.5. The molecular weight excluding hydrogens is 769 g/mol. The highest BCUT2D eigenvalue weighted by Gasteiger charge is 2.69. The second kappa shape index (κ2) is 16.1. The van der Waals surface area contributed by atoms with Crippen molar-refractivity contribution < 1.29 is 28.2 Å². The number of allylic oxidation sites excluding steroid dienone is 2. The summed E-state index contributed by atoms with van der Waals surface area (Å²) in [6.07, 6.45) is 11.2. The van der Waals surface area contributed by atoms with Gasteiger partial charge in [0, 0.05) is 13.1 Å². The Labute approximate surface area is 362 Å². The van der Waals surface area contributed by atoms with Gasteiger partial charge in [-0.2, -0.15) is 4.31 Å². The predicted octanol–water partition coefficient (Wildman–Crippen LogP) is 9.59. The molecule has 60 heavy (non-hydrogen) atoms. The third kappa shape index (κ3) is 7.61. The predicted molar refractivity (Wildman–Crippen MR) is 240 cm³/mol. The Bertz CT molecular complexity index is 2010. The number of carbonyl (C=O) groups is 1. The minimum Gasteiger partial charge on any atom is -0.497 e. The number of benzene rings is 2. The molecule has 332 valence electrons. The number of nitrogens with zero attached hydrogens (tertiary/aromatic N) is 1. The van der Waals surface area contributed by atoms with Gasteiger partial charge in [0.15, 0.2) is 0 Å². The maximum atomic E-state index is 15.5. The van der Waals surface area contributed by atoms with Gasteiger partial charge in [0.1, 0.15) is 5.75 Å². The number of methoxy groups -OCH3 is 1. The van der Waals surface area contributed by atoms with E-state index in [1.165, 1.54) is 9.88 Å². The number of nitrogens with one attached hydrogen (secondary N) is 1. The summed E-state index contributed by atoms with van der Waals surface area (Å²) in [5, 5.41) is 26.9. The Morgan fingerprint density at radius 1 is 0.867 bits per heavy atom. The number of sulfonamides is 1. The number of ether oxygens (including phenoxy) is 1. The topological polar surface area (TPSA) is 116 Å². The summed E-state index contributed by atoms with van der Waals surface area (Å²) in [5.74, 6) is 1.64. The summed E-state index contributed by atoms with van der Waals surface area (Å²) in [4.78, 5) is 15.6. The van der Waals surface area contributed by atoms with Crippen LogP contribution in [0.5, 0.6) is 5.75 Å². The first-order chi connectivity index (χ1) is 28.0. The number of fused-ring (bicyclic) bond motifs is 7. The molecule has 8 nitrogen and oxygen atoms in total. The molecule has 0 unspecified atom stereocenters. The van der Waals surface area contributed by atoms with E-state index in [2.05, 4.69) is 59.9 Å². The van der Waals surface area contributed by atoms with Crippen molar-refractivity contribution in [2.75, 3.05) is 20.2 Å². The van der Waals surface area contributed by atoms with Gasteiger partial charge < -0.3 is 20.3 Å². The molecule has 5 aliphatic rings.